The highest BCUT2D eigenvalue weighted by Crippen LogP contribution is 2.55. The number of benzene rings is 16. The molecule has 0 amide bonds. The van der Waals surface area contributed by atoms with Crippen LogP contribution in [0, 0.1) is 0 Å². The van der Waals surface area contributed by atoms with E-state index in [1.54, 1.807) is 0 Å². The van der Waals surface area contributed by atoms with Crippen molar-refractivity contribution in [1.29, 1.82) is 0 Å². The molecule has 16 aromatic rings. The fourth-order valence-electron chi connectivity index (χ4n) is 17.2. The largest absolute Gasteiger partial charge is 0.310 e. The Labute approximate surface area is 604 Å². The first-order chi connectivity index (χ1) is 50.2. The van der Waals surface area contributed by atoms with Crippen LogP contribution in [0.1, 0.15) is 97.2 Å². The molecule has 0 saturated heterocycles. The Morgan fingerprint density at radius 1 is 0.184 bits per heavy atom. The highest BCUT2D eigenvalue weighted by Gasteiger charge is 2.39. The van der Waals surface area contributed by atoms with Gasteiger partial charge in [-0.2, -0.15) is 0 Å². The second-order valence-electron chi connectivity index (χ2n) is 30.2. The highest BCUT2D eigenvalue weighted by molar-refractivity contribution is 5.96. The lowest BCUT2D eigenvalue weighted by Gasteiger charge is -2.28. The van der Waals surface area contributed by atoms with E-state index in [4.69, 9.17) is 0 Å². The monoisotopic (exact) mass is 1320 g/mol. The van der Waals surface area contributed by atoms with Gasteiger partial charge in [-0.1, -0.05) is 309 Å². The van der Waals surface area contributed by atoms with Crippen molar-refractivity contribution in [1.82, 2.24) is 0 Å². The summed E-state index contributed by atoms with van der Waals surface area (Å²) in [5, 5.41) is 9.90. The summed E-state index contributed by atoms with van der Waals surface area (Å²) in [7, 11) is 0. The summed E-state index contributed by atoms with van der Waals surface area (Å²) in [4.78, 5) is 4.85. The van der Waals surface area contributed by atoms with E-state index >= 15 is 0 Å². The third-order valence-electron chi connectivity index (χ3n) is 22.9. The van der Waals surface area contributed by atoms with Crippen molar-refractivity contribution in [3.63, 3.8) is 0 Å². The van der Waals surface area contributed by atoms with Crippen molar-refractivity contribution in [2.75, 3.05) is 9.80 Å². The van der Waals surface area contributed by atoms with Gasteiger partial charge in [-0.15, -0.1) is 0 Å². The number of fused-ring (bicyclic) bond motifs is 13. The zero-order valence-corrected chi connectivity index (χ0v) is 58.9. The summed E-state index contributed by atoms with van der Waals surface area (Å²) >= 11 is 0. The van der Waals surface area contributed by atoms with Crippen LogP contribution in [0.5, 0.6) is 0 Å². The van der Waals surface area contributed by atoms with E-state index in [1.807, 2.05) is 0 Å². The molecule has 490 valence electrons. The molecule has 16 aromatic carbocycles. The molecule has 2 heteroatoms. The molecule has 0 radical (unpaired) electrons. The second kappa shape index (κ2) is 23.9. The fourth-order valence-corrected chi connectivity index (χ4v) is 17.2. The van der Waals surface area contributed by atoms with Gasteiger partial charge in [0.15, 0.2) is 0 Å². The predicted octanol–water partition coefficient (Wildman–Crippen LogP) is 27.8. The molecule has 0 N–H and O–H groups in total. The van der Waals surface area contributed by atoms with E-state index in [1.165, 1.54) is 154 Å². The molecule has 103 heavy (non-hydrogen) atoms. The molecule has 0 heterocycles. The molecule has 0 fully saturated rings. The first-order valence-corrected chi connectivity index (χ1v) is 36.2. The molecule has 0 saturated carbocycles. The Bertz CT molecular complexity index is 5830. The van der Waals surface area contributed by atoms with E-state index in [9.17, 15) is 0 Å². The third-order valence-corrected chi connectivity index (χ3v) is 22.9. The molecule has 2 nitrogen and oxygen atoms in total. The van der Waals surface area contributed by atoms with Crippen LogP contribution >= 0.6 is 0 Å². The van der Waals surface area contributed by atoms with Crippen molar-refractivity contribution in [2.45, 2.75) is 57.8 Å². The zero-order chi connectivity index (χ0) is 69.3. The first kappa shape index (κ1) is 61.7. The van der Waals surface area contributed by atoms with Gasteiger partial charge in [0.05, 0.1) is 0 Å². The van der Waals surface area contributed by atoms with Gasteiger partial charge >= 0.3 is 0 Å². The van der Waals surface area contributed by atoms with E-state index < -0.39 is 0 Å². The van der Waals surface area contributed by atoms with Crippen molar-refractivity contribution in [3.05, 3.63) is 383 Å². The summed E-state index contributed by atoms with van der Waals surface area (Å²) < 4.78 is 0. The van der Waals surface area contributed by atoms with Crippen LogP contribution in [0.4, 0.5) is 34.1 Å². The normalized spacial score (nSPS) is 14.1. The van der Waals surface area contributed by atoms with E-state index in [-0.39, 0.29) is 16.2 Å². The standard InChI is InChI=1S/C101H76N2/c1-99(2)93-55-65(23-25-67-29-51-89-91-53-47-85(63-97(91)100(3,4)95(89)57-67)102(83-45-39-71-17-9-13-21-77(71)61-83)81-41-35-73(36-42-81)79-33-31-69-15-7-11-19-75(69)59-79)27-49-87(93)88-50-28-66(56-94(88)99)24-26-68-30-52-90-92-54-48-86(64-98(92)101(5,6)96(90)58-68)103(84-46-40-72-18-10-14-22-78(72)62-84)82-43-37-74(38-44-82)80-34-32-70-16-8-12-20-76(70)60-80/h7-64H,1-6H3/b25-23+,26-24+. The molecule has 0 aliphatic heterocycles. The van der Waals surface area contributed by atoms with Gasteiger partial charge in [-0.3, -0.25) is 0 Å². The summed E-state index contributed by atoms with van der Waals surface area (Å²) in [5.74, 6) is 0. The van der Waals surface area contributed by atoms with Gasteiger partial charge < -0.3 is 9.80 Å². The van der Waals surface area contributed by atoms with Crippen LogP contribution in [0.2, 0.25) is 0 Å². The molecule has 0 spiro atoms. The molecule has 0 atom stereocenters. The molecule has 0 aromatic heterocycles. The Hall–Kier alpha value is -12.4. The minimum absolute atomic E-state index is 0.181. The van der Waals surface area contributed by atoms with E-state index in [2.05, 4.69) is 403 Å². The number of hydrogen-bond donors (Lipinski definition) is 0. The van der Waals surface area contributed by atoms with Crippen LogP contribution in [0.25, 0.3) is 123 Å². The summed E-state index contributed by atoms with van der Waals surface area (Å²) in [5.41, 5.74) is 31.7. The van der Waals surface area contributed by atoms with E-state index in [0.29, 0.717) is 0 Å². The van der Waals surface area contributed by atoms with Crippen molar-refractivity contribution in [2.24, 2.45) is 0 Å². The average molecular weight is 1320 g/mol. The number of anilines is 6. The Kier molecular flexibility index (Phi) is 14.3. The number of nitrogens with zero attached hydrogens (tertiary/aromatic N) is 2. The average Bonchev–Trinajstić information content (AvgIpc) is 1.59. The minimum atomic E-state index is -0.230. The molecule has 0 bridgehead atoms. The predicted molar refractivity (Wildman–Crippen MR) is 440 cm³/mol. The molecule has 19 rings (SSSR count). The first-order valence-electron chi connectivity index (χ1n) is 36.2. The molecule has 3 aliphatic rings. The maximum Gasteiger partial charge on any atom is 0.0468 e. The third kappa shape index (κ3) is 10.5. The number of rotatable bonds is 12. The SMILES string of the molecule is CC1(C)c2cc(/C=C/c3ccc4c(c3)C(C)(C)c3cc(N(c5ccc(-c6ccc7ccccc7c6)cc5)c5ccc6ccccc6c5)ccc3-4)ccc2-c2ccc(/C=C/c3ccc4c(c3)C(C)(C)c3cc(N(c5ccc(-c6ccc7ccccc7c6)cc5)c5ccc6ccccc6c5)ccc3-4)cc21. The molecular weight excluding hydrogens is 1240 g/mol. The van der Waals surface area contributed by atoms with Gasteiger partial charge in [0.1, 0.15) is 0 Å². The fraction of sp³-hybridized carbons (Fsp3) is 0.0891. The van der Waals surface area contributed by atoms with Gasteiger partial charge in [0, 0.05) is 50.4 Å². The van der Waals surface area contributed by atoms with Gasteiger partial charge in [0.25, 0.3) is 0 Å². The molecule has 3 aliphatic carbocycles. The van der Waals surface area contributed by atoms with Crippen LogP contribution in [-0.2, 0) is 16.2 Å². The zero-order valence-electron chi connectivity index (χ0n) is 58.9. The quantitative estimate of drug-likeness (QED) is 0.113. The van der Waals surface area contributed by atoms with Crippen molar-refractivity contribution in [3.8, 4) is 55.6 Å². The topological polar surface area (TPSA) is 6.48 Å². The summed E-state index contributed by atoms with van der Waals surface area (Å²) in [6.45, 7) is 14.4. The lowest BCUT2D eigenvalue weighted by Crippen LogP contribution is -2.16. The van der Waals surface area contributed by atoms with Crippen molar-refractivity contribution < 1.29 is 0 Å². The Morgan fingerprint density at radius 3 is 0.718 bits per heavy atom. The lowest BCUT2D eigenvalue weighted by molar-refractivity contribution is 0.660. The van der Waals surface area contributed by atoms with Gasteiger partial charge in [-0.05, 0) is 239 Å². The van der Waals surface area contributed by atoms with Gasteiger partial charge in [0.2, 0.25) is 0 Å². The summed E-state index contributed by atoms with van der Waals surface area (Å²) in [6, 6.07) is 122. The molecular formula is C101H76N2. The van der Waals surface area contributed by atoms with Crippen LogP contribution in [0.15, 0.2) is 328 Å². The maximum atomic E-state index is 2.44. The Balaban J connectivity index is 0.563. The van der Waals surface area contributed by atoms with Crippen LogP contribution in [0.3, 0.4) is 0 Å². The van der Waals surface area contributed by atoms with E-state index in [0.717, 1.165) is 34.1 Å². The van der Waals surface area contributed by atoms with Crippen LogP contribution < -0.4 is 9.80 Å². The van der Waals surface area contributed by atoms with Crippen LogP contribution in [-0.4, -0.2) is 0 Å². The maximum absolute atomic E-state index is 2.44. The number of hydrogen-bond acceptors (Lipinski definition) is 2. The highest BCUT2D eigenvalue weighted by atomic mass is 15.1. The van der Waals surface area contributed by atoms with Gasteiger partial charge in [-0.25, -0.2) is 0 Å². The minimum Gasteiger partial charge on any atom is -0.310 e. The smallest absolute Gasteiger partial charge is 0.0468 e. The second-order valence-corrected chi connectivity index (χ2v) is 30.2. The summed E-state index contributed by atoms with van der Waals surface area (Å²) in [6.07, 6.45) is 9.22. The van der Waals surface area contributed by atoms with Crippen molar-refractivity contribution >= 4 is 102 Å². The lowest BCUT2D eigenvalue weighted by atomic mass is 9.81. The Morgan fingerprint density at radius 2 is 0.408 bits per heavy atom. The molecule has 0 unspecified atom stereocenters.